The van der Waals surface area contributed by atoms with Crippen LogP contribution >= 0.6 is 0 Å². The standard InChI is InChI=1S/C35H48N8O7/c1-36-12-6-20-48-22-24-50-25-23-49-21-7-14-37-31(44)26-40(2)32(45)11-15-41-16-18-42(19-17-41)27-33(46)43-30-10-4-3-8-28(30)35(47)39-29-9-5-13-38-34(29)43/h1,3-5,8-10,13H,6-7,11-12,14-27H2,2H3,(H-,37,39,44,47)/p+1. The molecule has 1 aromatic heterocycles. The summed E-state index contributed by atoms with van der Waals surface area (Å²) in [6.45, 7) is 12.6. The van der Waals surface area contributed by atoms with Gasteiger partial charge in [-0.05, 0) is 30.7 Å². The maximum absolute atomic E-state index is 13.7. The largest absolute Gasteiger partial charge is 0.379 e. The molecule has 15 nitrogen and oxygen atoms in total. The molecule has 0 unspecified atom stereocenters. The van der Waals surface area contributed by atoms with E-state index in [0.717, 1.165) is 6.42 Å². The molecule has 2 aliphatic heterocycles. The molecule has 270 valence electrons. The summed E-state index contributed by atoms with van der Waals surface area (Å²) in [7, 11) is 1.63. The van der Waals surface area contributed by atoms with Crippen molar-refractivity contribution in [3.8, 4) is 6.57 Å². The van der Waals surface area contributed by atoms with Crippen LogP contribution in [0.15, 0.2) is 42.6 Å². The molecule has 0 saturated carbocycles. The molecule has 3 heterocycles. The molecule has 2 aliphatic rings. The minimum atomic E-state index is -0.288. The lowest BCUT2D eigenvalue weighted by atomic mass is 10.1. The van der Waals surface area contributed by atoms with E-state index in [1.807, 2.05) is 0 Å². The van der Waals surface area contributed by atoms with Gasteiger partial charge in [0.25, 0.3) is 19.0 Å². The first-order valence-corrected chi connectivity index (χ1v) is 17.1. The number of anilines is 3. The number of rotatable bonds is 20. The molecule has 4 amide bonds. The van der Waals surface area contributed by atoms with Crippen molar-refractivity contribution in [3.05, 3.63) is 53.0 Å². The number of piperazine rings is 1. The maximum atomic E-state index is 13.7. The predicted octanol–water partition coefficient (Wildman–Crippen LogP) is 1.69. The summed E-state index contributed by atoms with van der Waals surface area (Å²) in [6, 6.07) is 10.5. The van der Waals surface area contributed by atoms with Gasteiger partial charge in [-0.3, -0.25) is 29.0 Å². The fourth-order valence-electron chi connectivity index (χ4n) is 5.53. The number of hydrogen-bond donors (Lipinski definition) is 2. The van der Waals surface area contributed by atoms with E-state index in [9.17, 15) is 19.2 Å². The number of likely N-dealkylation sites (N-methyl/N-ethyl adjacent to an activating group) is 1. The van der Waals surface area contributed by atoms with Gasteiger partial charge in [0.05, 0.1) is 63.1 Å². The van der Waals surface area contributed by atoms with Crippen LogP contribution in [-0.4, -0.2) is 149 Å². The van der Waals surface area contributed by atoms with E-state index < -0.39 is 0 Å². The fraction of sp³-hybridized carbons (Fsp3) is 0.543. The lowest BCUT2D eigenvalue weighted by Crippen LogP contribution is -2.50. The van der Waals surface area contributed by atoms with Crippen LogP contribution in [0.25, 0.3) is 4.85 Å². The van der Waals surface area contributed by atoms with Crippen LogP contribution < -0.4 is 15.5 Å². The van der Waals surface area contributed by atoms with Crippen LogP contribution in [0.3, 0.4) is 0 Å². The van der Waals surface area contributed by atoms with Crippen molar-refractivity contribution < 1.29 is 33.4 Å². The number of hydrogen-bond acceptors (Lipinski definition) is 10. The molecule has 1 fully saturated rings. The molecule has 0 bridgehead atoms. The summed E-state index contributed by atoms with van der Waals surface area (Å²) in [6.07, 6.45) is 3.35. The normalized spacial score (nSPS) is 14.6. The quantitative estimate of drug-likeness (QED) is 0.196. The zero-order valence-electron chi connectivity index (χ0n) is 28.9. The number of aromatic nitrogens is 1. The van der Waals surface area contributed by atoms with Crippen molar-refractivity contribution in [1.29, 1.82) is 0 Å². The highest BCUT2D eigenvalue weighted by atomic mass is 16.5. The number of amides is 4. The summed E-state index contributed by atoms with van der Waals surface area (Å²) in [5.74, 6) is -0.398. The Hall–Kier alpha value is -4.46. The van der Waals surface area contributed by atoms with Crippen LogP contribution in [0, 0.1) is 6.57 Å². The molecule has 0 radical (unpaired) electrons. The van der Waals surface area contributed by atoms with Crippen LogP contribution in [0.2, 0.25) is 0 Å². The SMILES string of the molecule is C#[N+]CCCOCCOCCOCCCNC(=O)CN(C)C(=O)CCN1CCN(CC(=O)N2c3ccccc3C(=O)Nc3cccnc32)CC1. The van der Waals surface area contributed by atoms with Gasteiger partial charge in [0.2, 0.25) is 17.7 Å². The van der Waals surface area contributed by atoms with Crippen molar-refractivity contribution in [2.24, 2.45) is 0 Å². The molecule has 4 rings (SSSR count). The van der Waals surface area contributed by atoms with Gasteiger partial charge in [-0.15, -0.1) is 0 Å². The summed E-state index contributed by atoms with van der Waals surface area (Å²) in [5, 5.41) is 5.69. The molecule has 2 aromatic rings. The first-order valence-electron chi connectivity index (χ1n) is 17.1. The van der Waals surface area contributed by atoms with Gasteiger partial charge in [-0.25, -0.2) is 4.98 Å². The number of carbonyl (C=O) groups excluding carboxylic acids is 4. The van der Waals surface area contributed by atoms with Gasteiger partial charge in [0.1, 0.15) is 0 Å². The first-order chi connectivity index (χ1) is 24.4. The van der Waals surface area contributed by atoms with E-state index in [4.69, 9.17) is 20.8 Å². The number of nitrogens with zero attached hydrogens (tertiary/aromatic N) is 6. The van der Waals surface area contributed by atoms with E-state index in [0.29, 0.717) is 121 Å². The number of benzene rings is 1. The molecule has 0 atom stereocenters. The monoisotopic (exact) mass is 693 g/mol. The van der Waals surface area contributed by atoms with Crippen molar-refractivity contribution in [2.45, 2.75) is 19.3 Å². The Morgan fingerprint density at radius 2 is 1.62 bits per heavy atom. The van der Waals surface area contributed by atoms with Crippen LogP contribution in [-0.2, 0) is 28.6 Å². The van der Waals surface area contributed by atoms with Gasteiger partial charge >= 0.3 is 0 Å². The average Bonchev–Trinajstić information content (AvgIpc) is 3.24. The zero-order valence-corrected chi connectivity index (χ0v) is 28.9. The van der Waals surface area contributed by atoms with Gasteiger partial charge in [-0.2, -0.15) is 0 Å². The average molecular weight is 694 g/mol. The van der Waals surface area contributed by atoms with E-state index in [-0.39, 0.29) is 36.7 Å². The Kier molecular flexibility index (Phi) is 16.0. The number of nitrogens with one attached hydrogen (secondary N) is 2. The molecule has 50 heavy (non-hydrogen) atoms. The van der Waals surface area contributed by atoms with Crippen LogP contribution in [0.5, 0.6) is 0 Å². The van der Waals surface area contributed by atoms with E-state index >= 15 is 0 Å². The van der Waals surface area contributed by atoms with Crippen molar-refractivity contribution in [2.75, 3.05) is 116 Å². The molecule has 1 saturated heterocycles. The molecular formula is C35H49N8O7+. The number of ether oxygens (including phenoxy) is 3. The molecule has 15 heteroatoms. The Morgan fingerprint density at radius 3 is 2.36 bits per heavy atom. The third kappa shape index (κ3) is 12.1. The van der Waals surface area contributed by atoms with E-state index in [1.54, 1.807) is 49.6 Å². The Labute approximate surface area is 293 Å². The highest BCUT2D eigenvalue weighted by Gasteiger charge is 2.31. The van der Waals surface area contributed by atoms with Crippen LogP contribution in [0.4, 0.5) is 17.2 Å². The number of para-hydroxylation sites is 1. The van der Waals surface area contributed by atoms with Crippen molar-refractivity contribution in [3.63, 3.8) is 0 Å². The summed E-state index contributed by atoms with van der Waals surface area (Å²) in [5.41, 5.74) is 1.38. The van der Waals surface area contributed by atoms with Gasteiger partial charge in [0.15, 0.2) is 5.82 Å². The Morgan fingerprint density at radius 1 is 0.940 bits per heavy atom. The second-order valence-electron chi connectivity index (χ2n) is 12.0. The maximum Gasteiger partial charge on any atom is 0.265 e. The van der Waals surface area contributed by atoms with Gasteiger partial charge in [0, 0.05) is 72.0 Å². The van der Waals surface area contributed by atoms with Gasteiger partial charge < -0.3 is 34.6 Å². The summed E-state index contributed by atoms with van der Waals surface area (Å²) < 4.78 is 16.3. The van der Waals surface area contributed by atoms with Crippen LogP contribution in [0.1, 0.15) is 29.6 Å². The lowest BCUT2D eigenvalue weighted by molar-refractivity contribution is -0.135. The third-order valence-corrected chi connectivity index (χ3v) is 8.27. The van der Waals surface area contributed by atoms with E-state index in [1.165, 1.54) is 9.80 Å². The predicted molar refractivity (Wildman–Crippen MR) is 189 cm³/mol. The molecule has 0 spiro atoms. The highest BCUT2D eigenvalue weighted by molar-refractivity contribution is 6.17. The minimum Gasteiger partial charge on any atom is -0.379 e. The molecular weight excluding hydrogens is 644 g/mol. The van der Waals surface area contributed by atoms with Gasteiger partial charge in [-0.1, -0.05) is 17.0 Å². The Bertz CT molecular complexity index is 1460. The first kappa shape index (κ1) is 38.3. The fourth-order valence-corrected chi connectivity index (χ4v) is 5.53. The smallest absolute Gasteiger partial charge is 0.265 e. The summed E-state index contributed by atoms with van der Waals surface area (Å²) in [4.78, 5) is 66.8. The molecule has 1 aromatic carbocycles. The van der Waals surface area contributed by atoms with E-state index in [2.05, 4.69) is 30.3 Å². The number of fused-ring (bicyclic) bond motifs is 2. The molecule has 0 aliphatic carbocycles. The highest BCUT2D eigenvalue weighted by Crippen LogP contribution is 2.36. The molecule has 2 N–H and O–H groups in total. The topological polar surface area (TPSA) is 150 Å². The number of pyridine rings is 1. The van der Waals surface area contributed by atoms with Crippen molar-refractivity contribution in [1.82, 2.24) is 25.0 Å². The summed E-state index contributed by atoms with van der Waals surface area (Å²) >= 11 is 0. The second-order valence-corrected chi connectivity index (χ2v) is 12.0. The number of carbonyl (C=O) groups is 4. The zero-order chi connectivity index (χ0) is 35.6. The van der Waals surface area contributed by atoms with Crippen molar-refractivity contribution >= 4 is 40.8 Å². The second kappa shape index (κ2) is 20.9. The minimum absolute atomic E-state index is 0.00872. The lowest BCUT2D eigenvalue weighted by Gasteiger charge is -2.35. The Balaban J connectivity index is 1.07. The third-order valence-electron chi connectivity index (χ3n) is 8.27.